The Morgan fingerprint density at radius 1 is 1.16 bits per heavy atom. The van der Waals surface area contributed by atoms with Crippen molar-refractivity contribution < 1.29 is 14.4 Å². The van der Waals surface area contributed by atoms with Crippen LogP contribution in [0.2, 0.25) is 0 Å². The van der Waals surface area contributed by atoms with E-state index < -0.39 is 0 Å². The highest BCUT2D eigenvalue weighted by Crippen LogP contribution is 2.23. The highest BCUT2D eigenvalue weighted by molar-refractivity contribution is 6.21. The van der Waals surface area contributed by atoms with Crippen LogP contribution >= 0.6 is 0 Å². The van der Waals surface area contributed by atoms with Gasteiger partial charge in [-0.1, -0.05) is 11.6 Å². The molecule has 0 spiro atoms. The number of imidazole rings is 1. The van der Waals surface area contributed by atoms with Crippen molar-refractivity contribution in [3.63, 3.8) is 0 Å². The molecule has 0 saturated heterocycles. The second-order valence-corrected chi connectivity index (χ2v) is 6.06. The van der Waals surface area contributed by atoms with Crippen molar-refractivity contribution in [1.82, 2.24) is 19.8 Å². The number of amides is 3. The summed E-state index contributed by atoms with van der Waals surface area (Å²) in [6, 6.07) is 5.19. The van der Waals surface area contributed by atoms with Crippen LogP contribution in [0.1, 0.15) is 39.1 Å². The Bertz CT molecular complexity index is 799. The lowest BCUT2D eigenvalue weighted by molar-refractivity contribution is -0.121. The molecule has 2 aromatic rings. The van der Waals surface area contributed by atoms with Crippen molar-refractivity contribution in [2.24, 2.45) is 0 Å². The Kier molecular flexibility index (Phi) is 4.92. The first kappa shape index (κ1) is 16.9. The monoisotopic (exact) mass is 340 g/mol. The molecule has 7 nitrogen and oxygen atoms in total. The van der Waals surface area contributed by atoms with Crippen LogP contribution in [0, 0.1) is 6.92 Å². The van der Waals surface area contributed by atoms with Gasteiger partial charge in [0.15, 0.2) is 0 Å². The Morgan fingerprint density at radius 2 is 1.96 bits per heavy atom. The van der Waals surface area contributed by atoms with Crippen LogP contribution in [0.25, 0.3) is 0 Å². The van der Waals surface area contributed by atoms with Crippen LogP contribution in [-0.2, 0) is 11.3 Å². The molecule has 130 valence electrons. The summed E-state index contributed by atoms with van der Waals surface area (Å²) < 4.78 is 1.94. The third kappa shape index (κ3) is 3.76. The third-order valence-corrected chi connectivity index (χ3v) is 4.16. The van der Waals surface area contributed by atoms with Crippen LogP contribution in [-0.4, -0.2) is 45.3 Å². The number of hydrogen-bond donors (Lipinski definition) is 1. The van der Waals surface area contributed by atoms with E-state index in [-0.39, 0.29) is 30.7 Å². The van der Waals surface area contributed by atoms with Crippen molar-refractivity contribution in [3.8, 4) is 0 Å². The minimum atomic E-state index is -0.326. The second-order valence-electron chi connectivity index (χ2n) is 6.06. The van der Waals surface area contributed by atoms with Crippen molar-refractivity contribution in [3.05, 3.63) is 53.6 Å². The smallest absolute Gasteiger partial charge is 0.261 e. The highest BCUT2D eigenvalue weighted by atomic mass is 16.2. The predicted molar refractivity (Wildman–Crippen MR) is 91.0 cm³/mol. The number of carbonyl (C=O) groups is 3. The fraction of sp³-hybridized carbons (Fsp3) is 0.333. The van der Waals surface area contributed by atoms with Gasteiger partial charge in [0.25, 0.3) is 11.8 Å². The summed E-state index contributed by atoms with van der Waals surface area (Å²) in [6.07, 6.45) is 6.20. The molecule has 3 amide bonds. The van der Waals surface area contributed by atoms with Crippen LogP contribution in [0.5, 0.6) is 0 Å². The number of nitrogens with zero attached hydrogens (tertiary/aromatic N) is 3. The average Bonchev–Trinajstić information content (AvgIpc) is 3.18. The standard InChI is InChI=1S/C18H20N4O3/c1-13-3-4-14-15(11-13)18(25)22(17(14)24)9-5-16(23)20-6-2-8-21-10-7-19-12-21/h3-4,7,10-12H,2,5-6,8-9H2,1H3,(H,20,23). The largest absolute Gasteiger partial charge is 0.356 e. The zero-order valence-electron chi connectivity index (χ0n) is 14.1. The molecule has 0 unspecified atom stereocenters. The number of imide groups is 1. The maximum Gasteiger partial charge on any atom is 0.261 e. The summed E-state index contributed by atoms with van der Waals surface area (Å²) in [5, 5.41) is 2.81. The van der Waals surface area contributed by atoms with E-state index in [2.05, 4.69) is 10.3 Å². The first-order valence-corrected chi connectivity index (χ1v) is 8.25. The number of carbonyl (C=O) groups excluding carboxylic acids is 3. The van der Waals surface area contributed by atoms with E-state index in [1.807, 2.05) is 17.7 Å². The summed E-state index contributed by atoms with van der Waals surface area (Å²) in [5.74, 6) is -0.817. The van der Waals surface area contributed by atoms with Gasteiger partial charge in [-0.25, -0.2) is 4.98 Å². The number of rotatable bonds is 7. The van der Waals surface area contributed by atoms with Crippen molar-refractivity contribution in [2.45, 2.75) is 26.3 Å². The molecular formula is C18H20N4O3. The minimum Gasteiger partial charge on any atom is -0.356 e. The molecule has 1 aliphatic heterocycles. The first-order valence-electron chi connectivity index (χ1n) is 8.25. The van der Waals surface area contributed by atoms with Gasteiger partial charge in [-0.05, 0) is 25.5 Å². The number of hydrogen-bond acceptors (Lipinski definition) is 4. The molecule has 1 N–H and O–H groups in total. The lowest BCUT2D eigenvalue weighted by Gasteiger charge is -2.13. The number of benzene rings is 1. The van der Waals surface area contributed by atoms with Crippen molar-refractivity contribution in [1.29, 1.82) is 0 Å². The molecule has 0 fully saturated rings. The maximum absolute atomic E-state index is 12.3. The first-order chi connectivity index (χ1) is 12.1. The maximum atomic E-state index is 12.3. The quantitative estimate of drug-likeness (QED) is 0.610. The Morgan fingerprint density at radius 3 is 2.72 bits per heavy atom. The summed E-state index contributed by atoms with van der Waals surface area (Å²) in [5.41, 5.74) is 1.76. The lowest BCUT2D eigenvalue weighted by Crippen LogP contribution is -2.35. The molecule has 1 aromatic carbocycles. The zero-order valence-corrected chi connectivity index (χ0v) is 14.1. The van der Waals surface area contributed by atoms with Crippen LogP contribution in [0.4, 0.5) is 0 Å². The molecule has 1 aliphatic rings. The molecule has 7 heteroatoms. The second kappa shape index (κ2) is 7.29. The van der Waals surface area contributed by atoms with Crippen LogP contribution in [0.15, 0.2) is 36.9 Å². The number of aromatic nitrogens is 2. The van der Waals surface area contributed by atoms with Gasteiger partial charge in [0.05, 0.1) is 17.5 Å². The van der Waals surface area contributed by atoms with Gasteiger partial charge >= 0.3 is 0 Å². The average molecular weight is 340 g/mol. The molecule has 0 radical (unpaired) electrons. The van der Waals surface area contributed by atoms with E-state index in [4.69, 9.17) is 0 Å². The number of aryl methyl sites for hydroxylation is 2. The molecule has 0 atom stereocenters. The summed E-state index contributed by atoms with van der Waals surface area (Å²) >= 11 is 0. The Balaban J connectivity index is 1.45. The van der Waals surface area contributed by atoms with Gasteiger partial charge in [-0.15, -0.1) is 0 Å². The normalized spacial score (nSPS) is 13.2. The van der Waals surface area contributed by atoms with Gasteiger partial charge in [0.2, 0.25) is 5.91 Å². The molecule has 1 aromatic heterocycles. The van der Waals surface area contributed by atoms with E-state index >= 15 is 0 Å². The van der Waals surface area contributed by atoms with Gasteiger partial charge in [-0.2, -0.15) is 0 Å². The van der Waals surface area contributed by atoms with E-state index in [1.54, 1.807) is 30.7 Å². The van der Waals surface area contributed by atoms with Crippen LogP contribution in [0.3, 0.4) is 0 Å². The molecule has 0 bridgehead atoms. The third-order valence-electron chi connectivity index (χ3n) is 4.16. The molecule has 2 heterocycles. The SMILES string of the molecule is Cc1ccc2c(c1)C(=O)N(CCC(=O)NCCCn1ccnc1)C2=O. The summed E-state index contributed by atoms with van der Waals surface area (Å²) in [7, 11) is 0. The van der Waals surface area contributed by atoms with Gasteiger partial charge < -0.3 is 9.88 Å². The molecule has 0 saturated carbocycles. The van der Waals surface area contributed by atoms with Gasteiger partial charge in [0.1, 0.15) is 0 Å². The minimum absolute atomic E-state index is 0.0960. The van der Waals surface area contributed by atoms with E-state index in [1.165, 1.54) is 0 Å². The van der Waals surface area contributed by atoms with E-state index in [9.17, 15) is 14.4 Å². The number of fused-ring (bicyclic) bond motifs is 1. The topological polar surface area (TPSA) is 84.3 Å². The number of nitrogens with one attached hydrogen (secondary N) is 1. The van der Waals surface area contributed by atoms with E-state index in [0.717, 1.165) is 23.4 Å². The van der Waals surface area contributed by atoms with Crippen molar-refractivity contribution in [2.75, 3.05) is 13.1 Å². The predicted octanol–water partition coefficient (Wildman–Crippen LogP) is 1.38. The molecule has 3 rings (SSSR count). The zero-order chi connectivity index (χ0) is 17.8. The fourth-order valence-corrected chi connectivity index (χ4v) is 2.82. The molecule has 25 heavy (non-hydrogen) atoms. The van der Waals surface area contributed by atoms with Gasteiger partial charge in [-0.3, -0.25) is 19.3 Å². The summed E-state index contributed by atoms with van der Waals surface area (Å²) in [4.78, 5) is 41.6. The molecular weight excluding hydrogens is 320 g/mol. The Hall–Kier alpha value is -2.96. The molecule has 0 aliphatic carbocycles. The van der Waals surface area contributed by atoms with Gasteiger partial charge in [0, 0.05) is 38.4 Å². The fourth-order valence-electron chi connectivity index (χ4n) is 2.82. The van der Waals surface area contributed by atoms with E-state index in [0.29, 0.717) is 17.7 Å². The summed E-state index contributed by atoms with van der Waals surface area (Å²) in [6.45, 7) is 3.28. The Labute approximate surface area is 145 Å². The highest BCUT2D eigenvalue weighted by Gasteiger charge is 2.35. The van der Waals surface area contributed by atoms with Crippen molar-refractivity contribution >= 4 is 17.7 Å². The lowest BCUT2D eigenvalue weighted by atomic mass is 10.1. The van der Waals surface area contributed by atoms with Crippen LogP contribution < -0.4 is 5.32 Å².